The zero-order valence-electron chi connectivity index (χ0n) is 16.4. The Morgan fingerprint density at radius 1 is 1.29 bits per heavy atom. The highest BCUT2D eigenvalue weighted by Crippen LogP contribution is 2.25. The molecule has 0 spiro atoms. The number of carbonyl (C=O) groups is 1. The summed E-state index contributed by atoms with van der Waals surface area (Å²) in [6.45, 7) is 9.15. The smallest absolute Gasteiger partial charge is 0.255 e. The monoisotopic (exact) mass is 398 g/mol. The fourth-order valence-corrected chi connectivity index (χ4v) is 5.44. The summed E-state index contributed by atoms with van der Waals surface area (Å²) in [5, 5.41) is 0. The number of benzene rings is 1. The van der Waals surface area contributed by atoms with Gasteiger partial charge in [0.25, 0.3) is 5.91 Å². The van der Waals surface area contributed by atoms with Crippen LogP contribution in [0.1, 0.15) is 46.8 Å². The van der Waals surface area contributed by atoms with Crippen molar-refractivity contribution in [3.8, 4) is 0 Å². The SMILES string of the molecule is C=Cc1cccc(C)c1S(=O)(=O)Cc1cncc(C(=O)N2CCC(C)CC2)c1. The number of hydrogen-bond acceptors (Lipinski definition) is 4. The summed E-state index contributed by atoms with van der Waals surface area (Å²) in [5.74, 6) is 0.345. The van der Waals surface area contributed by atoms with Crippen molar-refractivity contribution >= 4 is 21.8 Å². The predicted octanol–water partition coefficient (Wildman–Crippen LogP) is 3.88. The van der Waals surface area contributed by atoms with Crippen LogP contribution in [0, 0.1) is 12.8 Å². The average molecular weight is 399 g/mol. The highest BCUT2D eigenvalue weighted by atomic mass is 32.2. The zero-order chi connectivity index (χ0) is 20.3. The minimum absolute atomic E-state index is 0.0821. The Morgan fingerprint density at radius 2 is 2.00 bits per heavy atom. The van der Waals surface area contributed by atoms with Crippen molar-refractivity contribution < 1.29 is 13.2 Å². The third kappa shape index (κ3) is 4.33. The van der Waals surface area contributed by atoms with Crippen molar-refractivity contribution in [1.29, 1.82) is 0 Å². The maximum atomic E-state index is 13.1. The molecule has 2 heterocycles. The van der Waals surface area contributed by atoms with Crippen molar-refractivity contribution in [2.45, 2.75) is 37.3 Å². The number of pyridine rings is 1. The summed E-state index contributed by atoms with van der Waals surface area (Å²) in [4.78, 5) is 19.0. The molecule has 3 rings (SSSR count). The summed E-state index contributed by atoms with van der Waals surface area (Å²) in [5.41, 5.74) is 2.22. The van der Waals surface area contributed by atoms with Gasteiger partial charge >= 0.3 is 0 Å². The van der Waals surface area contributed by atoms with E-state index in [1.54, 1.807) is 31.2 Å². The molecule has 0 N–H and O–H groups in total. The molecule has 1 amide bonds. The Balaban J connectivity index is 1.85. The Morgan fingerprint density at radius 3 is 2.68 bits per heavy atom. The second-order valence-electron chi connectivity index (χ2n) is 7.51. The molecule has 2 aromatic rings. The van der Waals surface area contributed by atoms with E-state index in [9.17, 15) is 13.2 Å². The Hall–Kier alpha value is -2.47. The first-order chi connectivity index (χ1) is 13.3. The minimum Gasteiger partial charge on any atom is -0.339 e. The van der Waals surface area contributed by atoms with E-state index in [1.807, 2.05) is 11.0 Å². The quantitative estimate of drug-likeness (QED) is 0.767. The molecule has 1 aromatic carbocycles. The molecule has 5 nitrogen and oxygen atoms in total. The van der Waals surface area contributed by atoms with E-state index < -0.39 is 9.84 Å². The molecular weight excluding hydrogens is 372 g/mol. The standard InChI is InChI=1S/C22H26N2O3S/c1-4-19-7-5-6-17(3)21(19)28(26,27)15-18-12-20(14-23-13-18)22(25)24-10-8-16(2)9-11-24/h4-7,12-14,16H,1,8-11,15H2,2-3H3. The van der Waals surface area contributed by atoms with Crippen molar-refractivity contribution in [2.24, 2.45) is 5.92 Å². The molecule has 0 aliphatic carbocycles. The van der Waals surface area contributed by atoms with Crippen LogP contribution >= 0.6 is 0 Å². The summed E-state index contributed by atoms with van der Waals surface area (Å²) in [6, 6.07) is 6.97. The van der Waals surface area contributed by atoms with Gasteiger partial charge in [0.2, 0.25) is 0 Å². The van der Waals surface area contributed by atoms with Gasteiger partial charge in [0.15, 0.2) is 9.84 Å². The van der Waals surface area contributed by atoms with E-state index in [4.69, 9.17) is 0 Å². The van der Waals surface area contributed by atoms with Crippen LogP contribution in [-0.2, 0) is 15.6 Å². The fourth-order valence-electron chi connectivity index (χ4n) is 3.63. The van der Waals surface area contributed by atoms with Crippen molar-refractivity contribution in [2.75, 3.05) is 13.1 Å². The third-order valence-electron chi connectivity index (χ3n) is 5.24. The van der Waals surface area contributed by atoms with Crippen LogP contribution in [0.2, 0.25) is 0 Å². The summed E-state index contributed by atoms with van der Waals surface area (Å²) in [7, 11) is -3.60. The molecule has 0 bridgehead atoms. The maximum Gasteiger partial charge on any atom is 0.255 e. The second-order valence-corrected chi connectivity index (χ2v) is 9.44. The molecule has 0 unspecified atom stereocenters. The molecular formula is C22H26N2O3S. The van der Waals surface area contributed by atoms with Crippen molar-refractivity contribution in [3.63, 3.8) is 0 Å². The number of hydrogen-bond donors (Lipinski definition) is 0. The van der Waals surface area contributed by atoms with E-state index in [-0.39, 0.29) is 16.6 Å². The van der Waals surface area contributed by atoms with Gasteiger partial charge < -0.3 is 4.90 Å². The number of sulfone groups is 1. The van der Waals surface area contributed by atoms with Gasteiger partial charge in [-0.25, -0.2) is 8.42 Å². The largest absolute Gasteiger partial charge is 0.339 e. The van der Waals surface area contributed by atoms with Gasteiger partial charge in [-0.1, -0.05) is 37.8 Å². The summed E-state index contributed by atoms with van der Waals surface area (Å²) < 4.78 is 26.1. The lowest BCUT2D eigenvalue weighted by molar-refractivity contribution is 0.0696. The number of aryl methyl sites for hydroxylation is 1. The molecule has 0 atom stereocenters. The highest BCUT2D eigenvalue weighted by Gasteiger charge is 2.24. The molecule has 1 saturated heterocycles. The van der Waals surface area contributed by atoms with Gasteiger partial charge in [0.1, 0.15) is 0 Å². The molecule has 28 heavy (non-hydrogen) atoms. The highest BCUT2D eigenvalue weighted by molar-refractivity contribution is 7.90. The van der Waals surface area contributed by atoms with Gasteiger partial charge in [-0.2, -0.15) is 0 Å². The molecule has 0 radical (unpaired) electrons. The number of carbonyl (C=O) groups excluding carboxylic acids is 1. The number of rotatable bonds is 5. The molecule has 1 aliphatic heterocycles. The molecule has 1 aliphatic rings. The van der Waals surface area contributed by atoms with Crippen LogP contribution in [-0.4, -0.2) is 37.3 Å². The van der Waals surface area contributed by atoms with Crippen LogP contribution in [0.25, 0.3) is 6.08 Å². The molecule has 0 saturated carbocycles. The first-order valence-electron chi connectivity index (χ1n) is 9.50. The first-order valence-corrected chi connectivity index (χ1v) is 11.1. The van der Waals surface area contributed by atoms with Crippen LogP contribution in [0.4, 0.5) is 0 Å². The van der Waals surface area contributed by atoms with Crippen LogP contribution < -0.4 is 0 Å². The minimum atomic E-state index is -3.60. The van der Waals surface area contributed by atoms with E-state index in [1.165, 1.54) is 12.4 Å². The second kappa shape index (κ2) is 8.27. The summed E-state index contributed by atoms with van der Waals surface area (Å²) in [6.07, 6.45) is 6.56. The zero-order valence-corrected chi connectivity index (χ0v) is 17.2. The molecule has 1 fully saturated rings. The van der Waals surface area contributed by atoms with Crippen LogP contribution in [0.5, 0.6) is 0 Å². The molecule has 148 valence electrons. The van der Waals surface area contributed by atoms with E-state index >= 15 is 0 Å². The number of amides is 1. The van der Waals surface area contributed by atoms with E-state index in [0.29, 0.717) is 28.2 Å². The Labute approximate surface area is 167 Å². The van der Waals surface area contributed by atoms with Crippen molar-refractivity contribution in [1.82, 2.24) is 9.88 Å². The maximum absolute atomic E-state index is 13.1. The van der Waals surface area contributed by atoms with Crippen LogP contribution in [0.3, 0.4) is 0 Å². The lowest BCUT2D eigenvalue weighted by Crippen LogP contribution is -2.38. The lowest BCUT2D eigenvalue weighted by atomic mass is 9.99. The van der Waals surface area contributed by atoms with Crippen LogP contribution in [0.15, 0.2) is 48.1 Å². The molecule has 1 aromatic heterocycles. The fraction of sp³-hybridized carbons (Fsp3) is 0.364. The topological polar surface area (TPSA) is 67.3 Å². The Kier molecular flexibility index (Phi) is 5.98. The van der Waals surface area contributed by atoms with E-state index in [0.717, 1.165) is 25.9 Å². The number of nitrogens with zero attached hydrogens (tertiary/aromatic N) is 2. The Bertz CT molecular complexity index is 991. The normalized spacial score (nSPS) is 15.4. The first kappa shape index (κ1) is 20.3. The summed E-state index contributed by atoms with van der Waals surface area (Å²) >= 11 is 0. The van der Waals surface area contributed by atoms with Gasteiger partial charge in [-0.3, -0.25) is 9.78 Å². The predicted molar refractivity (Wildman–Crippen MR) is 111 cm³/mol. The number of aromatic nitrogens is 1. The van der Waals surface area contributed by atoms with Gasteiger partial charge in [-0.05, 0) is 48.4 Å². The van der Waals surface area contributed by atoms with E-state index in [2.05, 4.69) is 18.5 Å². The average Bonchev–Trinajstić information content (AvgIpc) is 2.67. The van der Waals surface area contributed by atoms with Gasteiger partial charge in [0, 0.05) is 25.5 Å². The number of piperidine rings is 1. The van der Waals surface area contributed by atoms with Gasteiger partial charge in [-0.15, -0.1) is 0 Å². The van der Waals surface area contributed by atoms with Gasteiger partial charge in [0.05, 0.1) is 16.2 Å². The lowest BCUT2D eigenvalue weighted by Gasteiger charge is -2.30. The van der Waals surface area contributed by atoms with Crippen molar-refractivity contribution in [3.05, 3.63) is 65.5 Å². The number of likely N-dealkylation sites (tertiary alicyclic amines) is 1. The molecule has 6 heteroatoms. The third-order valence-corrected chi connectivity index (χ3v) is 7.14.